The standard InChI is InChI=1S/C26H33N2O2/c1-6-30-25(29)8-7-12-28-13-11-19-15-20-14-18-9-10-21(27(4)5)16-22(18)26(2,3)23(20)17-24(19)28/h9-10,14-17H,6-8,11-13H2,1-5H3/q+1. The minimum absolute atomic E-state index is 0.0559. The molecule has 0 bridgehead atoms. The van der Waals surface area contributed by atoms with E-state index < -0.39 is 0 Å². The fraction of sp³-hybridized carbons (Fsp3) is 0.462. The number of fused-ring (bicyclic) bond motifs is 3. The van der Waals surface area contributed by atoms with E-state index in [1.54, 1.807) is 0 Å². The predicted octanol–water partition coefficient (Wildman–Crippen LogP) is 2.61. The zero-order valence-corrected chi connectivity index (χ0v) is 18.9. The Bertz CT molecular complexity index is 1110. The van der Waals surface area contributed by atoms with E-state index in [9.17, 15) is 4.79 Å². The summed E-state index contributed by atoms with van der Waals surface area (Å²) < 4.78 is 7.51. The minimum atomic E-state index is -0.0913. The molecule has 0 saturated carbocycles. The third-order valence-corrected chi connectivity index (χ3v) is 6.57. The highest BCUT2D eigenvalue weighted by Crippen LogP contribution is 2.36. The Balaban J connectivity index is 1.72. The number of hydrogen-bond donors (Lipinski definition) is 0. The molecule has 0 unspecified atom stereocenters. The van der Waals surface area contributed by atoms with Gasteiger partial charge < -0.3 is 9.64 Å². The molecule has 0 radical (unpaired) electrons. The second-order valence-corrected chi connectivity index (χ2v) is 9.15. The fourth-order valence-corrected chi connectivity index (χ4v) is 4.87. The first-order valence-electron chi connectivity index (χ1n) is 11.1. The lowest BCUT2D eigenvalue weighted by Crippen LogP contribution is -2.36. The number of carbonyl (C=O) groups is 1. The highest BCUT2D eigenvalue weighted by molar-refractivity contribution is 5.69. The van der Waals surface area contributed by atoms with Crippen LogP contribution in [0.3, 0.4) is 0 Å². The van der Waals surface area contributed by atoms with Crippen LogP contribution in [0.4, 0.5) is 5.69 Å². The van der Waals surface area contributed by atoms with Crippen molar-refractivity contribution in [3.8, 4) is 0 Å². The monoisotopic (exact) mass is 405 g/mol. The molecule has 0 amide bonds. The number of ether oxygens (including phenoxy) is 1. The highest BCUT2D eigenvalue weighted by atomic mass is 16.5. The van der Waals surface area contributed by atoms with Crippen LogP contribution in [0.1, 0.15) is 55.9 Å². The van der Waals surface area contributed by atoms with Crippen LogP contribution in [0, 0.1) is 0 Å². The van der Waals surface area contributed by atoms with Gasteiger partial charge in [0.1, 0.15) is 13.1 Å². The number of esters is 1. The molecule has 0 saturated heterocycles. The summed E-state index contributed by atoms with van der Waals surface area (Å²) in [5, 5.41) is 2.68. The molecule has 158 valence electrons. The maximum Gasteiger partial charge on any atom is 0.306 e. The molecule has 0 aromatic heterocycles. The summed E-state index contributed by atoms with van der Waals surface area (Å²) in [6.07, 6.45) is 4.74. The number of rotatable bonds is 6. The molecule has 0 N–H and O–H groups in total. The van der Waals surface area contributed by atoms with Crippen LogP contribution in [0.2, 0.25) is 0 Å². The first-order chi connectivity index (χ1) is 14.3. The summed E-state index contributed by atoms with van der Waals surface area (Å²) in [7, 11) is 4.19. The van der Waals surface area contributed by atoms with E-state index >= 15 is 0 Å². The number of carbonyl (C=O) groups excluding carboxylic acids is 1. The molecule has 1 heterocycles. The average Bonchev–Trinajstić information content (AvgIpc) is 3.09. The Morgan fingerprint density at radius 3 is 2.70 bits per heavy atom. The van der Waals surface area contributed by atoms with Crippen LogP contribution >= 0.6 is 0 Å². The van der Waals surface area contributed by atoms with Crippen LogP contribution < -0.4 is 20.1 Å². The van der Waals surface area contributed by atoms with Gasteiger partial charge in [0.25, 0.3) is 0 Å². The summed E-state index contributed by atoms with van der Waals surface area (Å²) in [5.41, 5.74) is 6.70. The predicted molar refractivity (Wildman–Crippen MR) is 123 cm³/mol. The summed E-state index contributed by atoms with van der Waals surface area (Å²) in [6.45, 7) is 8.92. The molecular formula is C26H33N2O2+. The van der Waals surface area contributed by atoms with Crippen molar-refractivity contribution < 1.29 is 9.53 Å². The van der Waals surface area contributed by atoms with Gasteiger partial charge >= 0.3 is 5.97 Å². The Labute approximate surface area is 179 Å². The van der Waals surface area contributed by atoms with Crippen LogP contribution in [0.25, 0.3) is 6.08 Å². The third-order valence-electron chi connectivity index (χ3n) is 6.57. The van der Waals surface area contributed by atoms with E-state index in [2.05, 4.69) is 73.8 Å². The van der Waals surface area contributed by atoms with Crippen LogP contribution in [-0.4, -0.2) is 39.8 Å². The lowest BCUT2D eigenvalue weighted by molar-refractivity contribution is -0.143. The second-order valence-electron chi connectivity index (χ2n) is 9.15. The molecule has 30 heavy (non-hydrogen) atoms. The van der Waals surface area contributed by atoms with E-state index in [1.807, 2.05) is 6.92 Å². The van der Waals surface area contributed by atoms with Crippen molar-refractivity contribution in [2.45, 2.75) is 45.4 Å². The van der Waals surface area contributed by atoms with E-state index in [0.29, 0.717) is 13.0 Å². The quantitative estimate of drug-likeness (QED) is 0.547. The normalized spacial score (nSPS) is 15.7. The fourth-order valence-electron chi connectivity index (χ4n) is 4.87. The maximum absolute atomic E-state index is 11.7. The lowest BCUT2D eigenvalue weighted by Gasteiger charge is -2.32. The summed E-state index contributed by atoms with van der Waals surface area (Å²) in [4.78, 5) is 13.8. The van der Waals surface area contributed by atoms with Crippen LogP contribution in [0.15, 0.2) is 30.3 Å². The van der Waals surface area contributed by atoms with E-state index in [4.69, 9.17) is 4.74 Å². The van der Waals surface area contributed by atoms with Gasteiger partial charge in [0.05, 0.1) is 13.0 Å². The van der Waals surface area contributed by atoms with Crippen molar-refractivity contribution in [1.29, 1.82) is 0 Å². The topological polar surface area (TPSA) is 32.6 Å². The van der Waals surface area contributed by atoms with Gasteiger partial charge in [0.2, 0.25) is 5.36 Å². The first kappa shape index (κ1) is 20.6. The molecule has 1 aliphatic carbocycles. The highest BCUT2D eigenvalue weighted by Gasteiger charge is 2.32. The van der Waals surface area contributed by atoms with Gasteiger partial charge in [-0.25, -0.2) is 4.58 Å². The van der Waals surface area contributed by atoms with Crippen molar-refractivity contribution in [3.05, 3.63) is 63.2 Å². The van der Waals surface area contributed by atoms with Gasteiger partial charge in [0, 0.05) is 49.7 Å². The smallest absolute Gasteiger partial charge is 0.306 e. The maximum atomic E-state index is 11.7. The van der Waals surface area contributed by atoms with Gasteiger partial charge in [-0.1, -0.05) is 19.9 Å². The van der Waals surface area contributed by atoms with Crippen molar-refractivity contribution in [1.82, 2.24) is 4.58 Å². The Hall–Kier alpha value is -2.62. The molecule has 2 aromatic carbocycles. The average molecular weight is 406 g/mol. The molecule has 0 spiro atoms. The Morgan fingerprint density at radius 1 is 1.17 bits per heavy atom. The molecular weight excluding hydrogens is 372 g/mol. The Morgan fingerprint density at radius 2 is 1.97 bits per heavy atom. The SMILES string of the molecule is CCOC(=O)CCC[N+]1=c2cc3c(cc2CC1)=Cc1ccc(N(C)C)cc1C3(C)C. The van der Waals surface area contributed by atoms with Gasteiger partial charge in [-0.05, 0) is 53.1 Å². The zero-order chi connectivity index (χ0) is 21.5. The van der Waals surface area contributed by atoms with E-state index in [1.165, 1.54) is 38.5 Å². The zero-order valence-electron chi connectivity index (χ0n) is 18.9. The molecule has 2 aliphatic rings. The number of nitrogens with zero attached hydrogens (tertiary/aromatic N) is 2. The van der Waals surface area contributed by atoms with Crippen molar-refractivity contribution in [2.24, 2.45) is 0 Å². The second kappa shape index (κ2) is 7.90. The molecule has 4 rings (SSSR count). The van der Waals surface area contributed by atoms with E-state index in [0.717, 1.165) is 25.9 Å². The molecule has 1 aliphatic heterocycles. The molecule has 2 aromatic rings. The summed E-state index contributed by atoms with van der Waals surface area (Å²) >= 11 is 0. The van der Waals surface area contributed by atoms with Gasteiger partial charge in [-0.3, -0.25) is 4.79 Å². The van der Waals surface area contributed by atoms with Gasteiger partial charge in [-0.2, -0.15) is 0 Å². The number of anilines is 1. The third kappa shape index (κ3) is 3.64. The summed E-state index contributed by atoms with van der Waals surface area (Å²) in [5.74, 6) is -0.0913. The van der Waals surface area contributed by atoms with E-state index in [-0.39, 0.29) is 11.4 Å². The van der Waals surface area contributed by atoms with Crippen LogP contribution in [0.5, 0.6) is 0 Å². The Kier molecular flexibility index (Phi) is 5.44. The largest absolute Gasteiger partial charge is 0.466 e. The minimum Gasteiger partial charge on any atom is -0.466 e. The molecule has 0 atom stereocenters. The van der Waals surface area contributed by atoms with Crippen LogP contribution in [-0.2, 0) is 21.4 Å². The summed E-state index contributed by atoms with van der Waals surface area (Å²) in [6, 6.07) is 11.6. The lowest BCUT2D eigenvalue weighted by atomic mass is 9.72. The van der Waals surface area contributed by atoms with Crippen molar-refractivity contribution in [2.75, 3.05) is 38.7 Å². The van der Waals surface area contributed by atoms with Crippen molar-refractivity contribution >= 4 is 17.7 Å². The molecule has 0 fully saturated rings. The number of hydrogen-bond acceptors (Lipinski definition) is 3. The number of benzene rings is 2. The van der Waals surface area contributed by atoms with Crippen molar-refractivity contribution in [3.63, 3.8) is 0 Å². The van der Waals surface area contributed by atoms with Gasteiger partial charge in [0.15, 0.2) is 0 Å². The molecule has 4 heteroatoms. The molecule has 4 nitrogen and oxygen atoms in total. The van der Waals surface area contributed by atoms with Gasteiger partial charge in [-0.15, -0.1) is 0 Å². The first-order valence-corrected chi connectivity index (χ1v) is 11.1.